The van der Waals surface area contributed by atoms with Gasteiger partial charge in [-0.25, -0.2) is 4.79 Å². The largest absolute Gasteiger partial charge is 0.346 e. The second kappa shape index (κ2) is 6.66. The second-order valence-electron chi connectivity index (χ2n) is 6.86. The van der Waals surface area contributed by atoms with Gasteiger partial charge in [0.1, 0.15) is 5.54 Å². The third kappa shape index (κ3) is 3.55. The fourth-order valence-electron chi connectivity index (χ4n) is 3.28. The molecule has 2 N–H and O–H groups in total. The standard InChI is InChI=1S/C18H22N4O3/c1-12-7-9-18(10-8-12)16(24)22(17(25)21-18)19-11-14-3-5-15(6-4-14)20-13(2)23/h3-6,11-12H,7-10H2,1-2H3,(H,20,23)(H,21,25)/b19-11+. The van der Waals surface area contributed by atoms with Gasteiger partial charge in [-0.1, -0.05) is 19.1 Å². The fraction of sp³-hybridized carbons (Fsp3) is 0.444. The van der Waals surface area contributed by atoms with Crippen molar-refractivity contribution in [3.05, 3.63) is 29.8 Å². The van der Waals surface area contributed by atoms with Crippen LogP contribution in [0, 0.1) is 5.92 Å². The van der Waals surface area contributed by atoms with Gasteiger partial charge in [-0.05, 0) is 49.3 Å². The Hall–Kier alpha value is -2.70. The number of imide groups is 1. The molecule has 1 aliphatic carbocycles. The van der Waals surface area contributed by atoms with E-state index in [9.17, 15) is 14.4 Å². The Bertz CT molecular complexity index is 718. The number of hydrogen-bond acceptors (Lipinski definition) is 4. The first kappa shape index (κ1) is 17.1. The average molecular weight is 342 g/mol. The molecule has 1 aliphatic heterocycles. The Kier molecular flexibility index (Phi) is 4.57. The summed E-state index contributed by atoms with van der Waals surface area (Å²) in [6.45, 7) is 3.60. The Morgan fingerprint density at radius 2 is 1.92 bits per heavy atom. The van der Waals surface area contributed by atoms with Crippen LogP contribution in [0.4, 0.5) is 10.5 Å². The number of rotatable bonds is 3. The van der Waals surface area contributed by atoms with Crippen LogP contribution in [0.15, 0.2) is 29.4 Å². The maximum absolute atomic E-state index is 12.7. The highest BCUT2D eigenvalue weighted by atomic mass is 16.2. The van der Waals surface area contributed by atoms with Crippen molar-refractivity contribution >= 4 is 29.7 Å². The van der Waals surface area contributed by atoms with Crippen molar-refractivity contribution in [1.82, 2.24) is 10.3 Å². The summed E-state index contributed by atoms with van der Waals surface area (Å²) in [5.74, 6) is 0.165. The van der Waals surface area contributed by atoms with Crippen LogP contribution in [-0.2, 0) is 9.59 Å². The number of nitrogens with one attached hydrogen (secondary N) is 2. The molecule has 0 atom stereocenters. The van der Waals surface area contributed by atoms with Crippen LogP contribution < -0.4 is 10.6 Å². The fourth-order valence-corrected chi connectivity index (χ4v) is 3.28. The molecule has 2 fully saturated rings. The molecular weight excluding hydrogens is 320 g/mol. The lowest BCUT2D eigenvalue weighted by Crippen LogP contribution is -2.49. The molecule has 4 amide bonds. The monoisotopic (exact) mass is 342 g/mol. The van der Waals surface area contributed by atoms with E-state index in [-0.39, 0.29) is 11.8 Å². The predicted molar refractivity (Wildman–Crippen MR) is 94.1 cm³/mol. The van der Waals surface area contributed by atoms with E-state index in [1.807, 2.05) is 0 Å². The smallest absolute Gasteiger partial charge is 0.326 e. The number of benzene rings is 1. The zero-order valence-corrected chi connectivity index (χ0v) is 14.4. The number of amides is 4. The topological polar surface area (TPSA) is 90.9 Å². The summed E-state index contributed by atoms with van der Waals surface area (Å²) in [6.07, 6.45) is 4.65. The van der Waals surface area contributed by atoms with E-state index in [1.54, 1.807) is 24.3 Å². The first-order valence-electron chi connectivity index (χ1n) is 8.48. The van der Waals surface area contributed by atoms with Gasteiger partial charge in [-0.15, -0.1) is 5.01 Å². The van der Waals surface area contributed by atoms with Gasteiger partial charge in [0.05, 0.1) is 6.21 Å². The van der Waals surface area contributed by atoms with Crippen molar-refractivity contribution in [3.63, 3.8) is 0 Å². The Morgan fingerprint density at radius 1 is 1.28 bits per heavy atom. The van der Waals surface area contributed by atoms with E-state index in [0.29, 0.717) is 24.4 Å². The third-order valence-electron chi connectivity index (χ3n) is 4.82. The second-order valence-corrected chi connectivity index (χ2v) is 6.86. The van der Waals surface area contributed by atoms with E-state index in [0.717, 1.165) is 23.4 Å². The molecule has 3 rings (SSSR count). The molecule has 132 valence electrons. The number of urea groups is 1. The first-order chi connectivity index (χ1) is 11.9. The van der Waals surface area contributed by atoms with Crippen molar-refractivity contribution in [2.75, 3.05) is 5.32 Å². The van der Waals surface area contributed by atoms with Gasteiger partial charge in [0.2, 0.25) is 5.91 Å². The average Bonchev–Trinajstić information content (AvgIpc) is 2.80. The zero-order valence-electron chi connectivity index (χ0n) is 14.4. The van der Waals surface area contributed by atoms with Crippen LogP contribution in [0.2, 0.25) is 0 Å². The van der Waals surface area contributed by atoms with Crippen LogP contribution in [0.1, 0.15) is 45.1 Å². The summed E-state index contributed by atoms with van der Waals surface area (Å²) in [4.78, 5) is 35.9. The van der Waals surface area contributed by atoms with Gasteiger partial charge in [-0.2, -0.15) is 5.10 Å². The lowest BCUT2D eigenvalue weighted by atomic mass is 9.77. The van der Waals surface area contributed by atoms with Crippen LogP contribution in [0.5, 0.6) is 0 Å². The highest BCUT2D eigenvalue weighted by Crippen LogP contribution is 2.36. The van der Waals surface area contributed by atoms with E-state index >= 15 is 0 Å². The lowest BCUT2D eigenvalue weighted by molar-refractivity contribution is -0.132. The molecule has 0 bridgehead atoms. The van der Waals surface area contributed by atoms with Gasteiger partial charge >= 0.3 is 6.03 Å². The molecule has 0 unspecified atom stereocenters. The minimum absolute atomic E-state index is 0.146. The van der Waals surface area contributed by atoms with Gasteiger partial charge in [0.25, 0.3) is 5.91 Å². The molecule has 1 saturated carbocycles. The van der Waals surface area contributed by atoms with Crippen LogP contribution in [0.3, 0.4) is 0 Å². The highest BCUT2D eigenvalue weighted by molar-refractivity contribution is 6.07. The summed E-state index contributed by atoms with van der Waals surface area (Å²) < 4.78 is 0. The van der Waals surface area contributed by atoms with Crippen LogP contribution in [0.25, 0.3) is 0 Å². The molecule has 1 aromatic carbocycles. The number of hydrogen-bond donors (Lipinski definition) is 2. The first-order valence-corrected chi connectivity index (χ1v) is 8.48. The molecular formula is C18H22N4O3. The van der Waals surface area contributed by atoms with E-state index in [4.69, 9.17) is 0 Å². The van der Waals surface area contributed by atoms with Crippen molar-refractivity contribution in [1.29, 1.82) is 0 Å². The molecule has 2 aliphatic rings. The summed E-state index contributed by atoms with van der Waals surface area (Å²) in [7, 11) is 0. The van der Waals surface area contributed by atoms with Gasteiger partial charge < -0.3 is 10.6 Å². The molecule has 7 nitrogen and oxygen atoms in total. The summed E-state index contributed by atoms with van der Waals surface area (Å²) in [5, 5.41) is 10.5. The van der Waals surface area contributed by atoms with Gasteiger partial charge in [0.15, 0.2) is 0 Å². The third-order valence-corrected chi connectivity index (χ3v) is 4.82. The maximum Gasteiger partial charge on any atom is 0.346 e. The SMILES string of the molecule is CC(=O)Nc1ccc(/C=N/N2C(=O)NC3(CCC(C)CC3)C2=O)cc1. The minimum Gasteiger partial charge on any atom is -0.326 e. The van der Waals surface area contributed by atoms with Crippen molar-refractivity contribution in [2.24, 2.45) is 11.0 Å². The molecule has 0 radical (unpaired) electrons. The molecule has 0 aromatic heterocycles. The Balaban J connectivity index is 1.70. The van der Waals surface area contributed by atoms with Gasteiger partial charge in [-0.3, -0.25) is 9.59 Å². The van der Waals surface area contributed by atoms with Crippen molar-refractivity contribution < 1.29 is 14.4 Å². The summed E-state index contributed by atoms with van der Waals surface area (Å²) >= 11 is 0. The number of anilines is 1. The normalized spacial score (nSPS) is 26.3. The molecule has 25 heavy (non-hydrogen) atoms. The van der Waals surface area contributed by atoms with Crippen LogP contribution >= 0.6 is 0 Å². The molecule has 1 heterocycles. The predicted octanol–water partition coefficient (Wildman–Crippen LogP) is 2.48. The van der Waals surface area contributed by atoms with Gasteiger partial charge in [0, 0.05) is 12.6 Å². The number of carbonyl (C=O) groups is 3. The number of carbonyl (C=O) groups excluding carboxylic acids is 3. The molecule has 1 aromatic rings. The molecule has 1 saturated heterocycles. The Morgan fingerprint density at radius 3 is 2.52 bits per heavy atom. The number of nitrogens with zero attached hydrogens (tertiary/aromatic N) is 2. The van der Waals surface area contributed by atoms with E-state index in [2.05, 4.69) is 22.7 Å². The zero-order chi connectivity index (χ0) is 18.0. The summed E-state index contributed by atoms with van der Waals surface area (Å²) in [5.41, 5.74) is 0.624. The quantitative estimate of drug-likeness (QED) is 0.653. The van der Waals surface area contributed by atoms with Crippen LogP contribution in [-0.4, -0.2) is 34.6 Å². The van der Waals surface area contributed by atoms with E-state index in [1.165, 1.54) is 13.1 Å². The van der Waals surface area contributed by atoms with Crippen molar-refractivity contribution in [2.45, 2.75) is 45.1 Å². The minimum atomic E-state index is -0.782. The molecule has 1 spiro atoms. The lowest BCUT2D eigenvalue weighted by Gasteiger charge is -2.33. The van der Waals surface area contributed by atoms with E-state index < -0.39 is 11.6 Å². The summed E-state index contributed by atoms with van der Waals surface area (Å²) in [6, 6.07) is 6.51. The Labute approximate surface area is 146 Å². The molecule has 7 heteroatoms. The van der Waals surface area contributed by atoms with Crippen molar-refractivity contribution in [3.8, 4) is 0 Å². The number of hydrazone groups is 1. The maximum atomic E-state index is 12.7. The highest BCUT2D eigenvalue weighted by Gasteiger charge is 2.52.